The predicted molar refractivity (Wildman–Crippen MR) is 101 cm³/mol. The molecule has 0 spiro atoms. The monoisotopic (exact) mass is 334 g/mol. The molecule has 136 valence electrons. The summed E-state index contributed by atoms with van der Waals surface area (Å²) in [6, 6.07) is 2.07. The summed E-state index contributed by atoms with van der Waals surface area (Å²) in [4.78, 5) is 11.9. The molecular formula is C20H34N2O2. The lowest BCUT2D eigenvalue weighted by atomic mass is 9.75. The number of carbonyl (C=O) groups excluding carboxylic acids is 1. The highest BCUT2D eigenvalue weighted by Gasteiger charge is 2.28. The van der Waals surface area contributed by atoms with E-state index in [4.69, 9.17) is 5.73 Å². The van der Waals surface area contributed by atoms with Gasteiger partial charge in [-0.05, 0) is 40.9 Å². The lowest BCUT2D eigenvalue weighted by Crippen LogP contribution is -2.29. The predicted octanol–water partition coefficient (Wildman–Crippen LogP) is 3.30. The molecule has 4 nitrogen and oxygen atoms in total. The Kier molecular flexibility index (Phi) is 6.45. The second-order valence-corrected chi connectivity index (χ2v) is 8.57. The lowest BCUT2D eigenvalue weighted by Gasteiger charge is -2.30. The van der Waals surface area contributed by atoms with Crippen LogP contribution >= 0.6 is 0 Å². The van der Waals surface area contributed by atoms with Gasteiger partial charge < -0.3 is 16.2 Å². The molecule has 0 aliphatic rings. The molecule has 0 fully saturated rings. The van der Waals surface area contributed by atoms with E-state index in [0.29, 0.717) is 31.7 Å². The number of rotatable bonds is 5. The first-order valence-corrected chi connectivity index (χ1v) is 8.72. The summed E-state index contributed by atoms with van der Waals surface area (Å²) in [5.41, 5.74) is 9.23. The van der Waals surface area contributed by atoms with Crippen molar-refractivity contribution in [3.05, 3.63) is 28.3 Å². The van der Waals surface area contributed by atoms with E-state index in [9.17, 15) is 9.90 Å². The van der Waals surface area contributed by atoms with Gasteiger partial charge in [0, 0.05) is 25.1 Å². The third kappa shape index (κ3) is 4.97. The first-order valence-electron chi connectivity index (χ1n) is 8.72. The molecule has 0 atom stereocenters. The zero-order chi connectivity index (χ0) is 18.7. The number of amides is 1. The Morgan fingerprint density at radius 1 is 1.17 bits per heavy atom. The Hall–Kier alpha value is -1.55. The van der Waals surface area contributed by atoms with Crippen LogP contribution in [0, 0.1) is 6.92 Å². The molecule has 0 aliphatic carbocycles. The summed E-state index contributed by atoms with van der Waals surface area (Å²) in [5.74, 6) is 0.409. The van der Waals surface area contributed by atoms with Crippen LogP contribution in [0.3, 0.4) is 0 Å². The first kappa shape index (κ1) is 20.5. The topological polar surface area (TPSA) is 75.4 Å². The molecule has 0 saturated heterocycles. The van der Waals surface area contributed by atoms with Gasteiger partial charge in [0.15, 0.2) is 0 Å². The van der Waals surface area contributed by atoms with Gasteiger partial charge in [-0.15, -0.1) is 0 Å². The lowest BCUT2D eigenvalue weighted by molar-refractivity contribution is -0.120. The number of aromatic hydroxyl groups is 1. The summed E-state index contributed by atoms with van der Waals surface area (Å²) in [7, 11) is 0. The van der Waals surface area contributed by atoms with Crippen LogP contribution in [0.15, 0.2) is 6.07 Å². The minimum Gasteiger partial charge on any atom is -0.507 e. The van der Waals surface area contributed by atoms with Gasteiger partial charge in [-0.25, -0.2) is 0 Å². The summed E-state index contributed by atoms with van der Waals surface area (Å²) in [6.07, 6.45) is 1.09. The quantitative estimate of drug-likeness (QED) is 0.773. The fraction of sp³-hybridized carbons (Fsp3) is 0.650. The zero-order valence-electron chi connectivity index (χ0n) is 16.3. The van der Waals surface area contributed by atoms with Crippen molar-refractivity contribution >= 4 is 5.91 Å². The number of benzene rings is 1. The van der Waals surface area contributed by atoms with Crippen molar-refractivity contribution < 1.29 is 9.90 Å². The molecule has 0 radical (unpaired) electrons. The minimum atomic E-state index is -0.161. The van der Waals surface area contributed by atoms with Gasteiger partial charge in [0.2, 0.25) is 5.91 Å². The fourth-order valence-corrected chi connectivity index (χ4v) is 3.12. The van der Waals surface area contributed by atoms with Crippen molar-refractivity contribution in [2.45, 2.75) is 72.1 Å². The molecule has 1 aromatic rings. The van der Waals surface area contributed by atoms with Crippen LogP contribution in [0.2, 0.25) is 0 Å². The smallest absolute Gasteiger partial charge is 0.220 e. The van der Waals surface area contributed by atoms with Crippen LogP contribution in [0.25, 0.3) is 0 Å². The van der Waals surface area contributed by atoms with Crippen molar-refractivity contribution in [3.63, 3.8) is 0 Å². The van der Waals surface area contributed by atoms with Crippen molar-refractivity contribution in [3.8, 4) is 5.75 Å². The number of nitrogens with two attached hydrogens (primary N) is 1. The van der Waals surface area contributed by atoms with E-state index < -0.39 is 0 Å². The number of hydrogen-bond donors (Lipinski definition) is 3. The molecule has 0 heterocycles. The van der Waals surface area contributed by atoms with Gasteiger partial charge in [-0.1, -0.05) is 47.6 Å². The van der Waals surface area contributed by atoms with E-state index in [1.807, 2.05) is 6.92 Å². The number of aryl methyl sites for hydroxylation is 1. The summed E-state index contributed by atoms with van der Waals surface area (Å²) in [6.45, 7) is 15.6. The highest BCUT2D eigenvalue weighted by Crippen LogP contribution is 2.42. The van der Waals surface area contributed by atoms with Crippen molar-refractivity contribution in [2.24, 2.45) is 5.73 Å². The highest BCUT2D eigenvalue weighted by atomic mass is 16.3. The van der Waals surface area contributed by atoms with Crippen LogP contribution in [-0.2, 0) is 22.0 Å². The Balaban J connectivity index is 3.28. The molecule has 1 amide bonds. The van der Waals surface area contributed by atoms with Gasteiger partial charge in [0.1, 0.15) is 5.75 Å². The van der Waals surface area contributed by atoms with Gasteiger partial charge >= 0.3 is 0 Å². The second-order valence-electron chi connectivity index (χ2n) is 8.57. The average Bonchev–Trinajstić information content (AvgIpc) is 2.41. The van der Waals surface area contributed by atoms with E-state index in [2.05, 4.69) is 52.9 Å². The molecule has 0 bridgehead atoms. The van der Waals surface area contributed by atoms with Crippen LogP contribution in [0.1, 0.15) is 70.2 Å². The van der Waals surface area contributed by atoms with E-state index in [1.54, 1.807) is 0 Å². The van der Waals surface area contributed by atoms with E-state index in [-0.39, 0.29) is 16.7 Å². The van der Waals surface area contributed by atoms with E-state index in [0.717, 1.165) is 22.3 Å². The molecule has 0 saturated carbocycles. The van der Waals surface area contributed by atoms with Crippen LogP contribution < -0.4 is 11.1 Å². The summed E-state index contributed by atoms with van der Waals surface area (Å²) >= 11 is 0. The van der Waals surface area contributed by atoms with Crippen molar-refractivity contribution in [1.82, 2.24) is 5.32 Å². The molecule has 4 heteroatoms. The summed E-state index contributed by atoms with van der Waals surface area (Å²) < 4.78 is 0. The zero-order valence-corrected chi connectivity index (χ0v) is 16.3. The Labute approximate surface area is 146 Å². The van der Waals surface area contributed by atoms with E-state index >= 15 is 0 Å². The SMILES string of the molecule is Cc1c(CCC(=O)NCCN)cc(C(C)(C)C)c(O)c1C(C)(C)C. The number of carbonyl (C=O) groups is 1. The van der Waals surface area contributed by atoms with Crippen molar-refractivity contribution in [2.75, 3.05) is 13.1 Å². The molecule has 0 unspecified atom stereocenters. The van der Waals surface area contributed by atoms with Crippen LogP contribution in [0.5, 0.6) is 5.75 Å². The molecule has 24 heavy (non-hydrogen) atoms. The number of hydrogen-bond acceptors (Lipinski definition) is 3. The minimum absolute atomic E-state index is 0.0162. The third-order valence-corrected chi connectivity index (χ3v) is 4.31. The average molecular weight is 335 g/mol. The van der Waals surface area contributed by atoms with Gasteiger partial charge in [-0.2, -0.15) is 0 Å². The maximum absolute atomic E-state index is 11.9. The van der Waals surface area contributed by atoms with Gasteiger partial charge in [0.05, 0.1) is 0 Å². The van der Waals surface area contributed by atoms with Gasteiger partial charge in [0.25, 0.3) is 0 Å². The normalized spacial score (nSPS) is 12.3. The molecular weight excluding hydrogens is 300 g/mol. The standard InChI is InChI=1S/C20H34N2O2/c1-13-14(8-9-16(23)22-11-10-21)12-15(19(2,3)4)18(24)17(13)20(5,6)7/h12,24H,8-11,21H2,1-7H3,(H,22,23). The number of phenols is 1. The van der Waals surface area contributed by atoms with Crippen LogP contribution in [0.4, 0.5) is 0 Å². The largest absolute Gasteiger partial charge is 0.507 e. The first-order chi connectivity index (χ1) is 10.9. The maximum atomic E-state index is 11.9. The second kappa shape index (κ2) is 7.56. The Morgan fingerprint density at radius 3 is 2.21 bits per heavy atom. The Bertz CT molecular complexity index is 593. The molecule has 0 aromatic heterocycles. The molecule has 1 aromatic carbocycles. The summed E-state index contributed by atoms with van der Waals surface area (Å²) in [5, 5.41) is 13.7. The highest BCUT2D eigenvalue weighted by molar-refractivity contribution is 5.76. The van der Waals surface area contributed by atoms with Crippen molar-refractivity contribution in [1.29, 1.82) is 0 Å². The molecule has 4 N–H and O–H groups in total. The molecule has 1 rings (SSSR count). The van der Waals surface area contributed by atoms with Crippen LogP contribution in [-0.4, -0.2) is 24.1 Å². The fourth-order valence-electron chi connectivity index (χ4n) is 3.12. The van der Waals surface area contributed by atoms with Gasteiger partial charge in [-0.3, -0.25) is 4.79 Å². The third-order valence-electron chi connectivity index (χ3n) is 4.31. The Morgan fingerprint density at radius 2 is 1.75 bits per heavy atom. The van der Waals surface area contributed by atoms with E-state index in [1.165, 1.54) is 0 Å². The molecule has 0 aliphatic heterocycles. The number of nitrogens with one attached hydrogen (secondary N) is 1. The number of phenolic OH excluding ortho intramolecular Hbond substituents is 1. The maximum Gasteiger partial charge on any atom is 0.220 e.